The van der Waals surface area contributed by atoms with Crippen LogP contribution < -0.4 is 27.2 Å². The summed E-state index contributed by atoms with van der Waals surface area (Å²) in [7, 11) is 2.12. The zero-order chi connectivity index (χ0) is 28.1. The maximum absolute atomic E-state index is 6.45. The van der Waals surface area contributed by atoms with Crippen LogP contribution in [-0.4, -0.2) is 7.05 Å². The van der Waals surface area contributed by atoms with Crippen LogP contribution in [0, 0.1) is 5.92 Å². The van der Waals surface area contributed by atoms with E-state index in [-0.39, 0.29) is 5.92 Å². The van der Waals surface area contributed by atoms with E-state index in [1.807, 2.05) is 42.5 Å². The molecule has 0 saturated carbocycles. The molecule has 5 rings (SSSR count). The molecule has 204 valence electrons. The second-order valence-corrected chi connectivity index (χ2v) is 10.8. The molecule has 4 aromatic carbocycles. The third-order valence-electron chi connectivity index (χ3n) is 7.72. The maximum atomic E-state index is 6.45. The van der Waals surface area contributed by atoms with Crippen LogP contribution in [0.15, 0.2) is 121 Å². The highest BCUT2D eigenvalue weighted by atomic mass is 15.4. The second kappa shape index (κ2) is 12.1. The zero-order valence-electron chi connectivity index (χ0n) is 23.4. The van der Waals surface area contributed by atoms with Crippen molar-refractivity contribution < 1.29 is 0 Å². The van der Waals surface area contributed by atoms with Gasteiger partial charge in [-0.25, -0.2) is 5.84 Å². The largest absolute Gasteiger partial charge is 0.399 e. The van der Waals surface area contributed by atoms with Crippen molar-refractivity contribution >= 4 is 22.7 Å². The number of nitrogens with two attached hydrogens (primary N) is 3. The van der Waals surface area contributed by atoms with Gasteiger partial charge in [0.25, 0.3) is 0 Å². The van der Waals surface area contributed by atoms with E-state index < -0.39 is 0 Å². The van der Waals surface area contributed by atoms with Crippen molar-refractivity contribution in [1.82, 2.24) is 0 Å². The fraction of sp³-hybridized carbons (Fsp3) is 0.200. The average Bonchev–Trinajstić information content (AvgIpc) is 2.95. The van der Waals surface area contributed by atoms with E-state index in [2.05, 4.69) is 91.7 Å². The van der Waals surface area contributed by atoms with Crippen LogP contribution in [0.5, 0.6) is 0 Å². The molecule has 1 aliphatic carbocycles. The number of anilines is 4. The van der Waals surface area contributed by atoms with Gasteiger partial charge in [0.05, 0.1) is 12.2 Å². The molecule has 40 heavy (non-hydrogen) atoms. The monoisotopic (exact) mass is 529 g/mol. The Labute approximate surface area is 238 Å². The van der Waals surface area contributed by atoms with Gasteiger partial charge in [-0.2, -0.15) is 0 Å². The molecule has 5 heteroatoms. The van der Waals surface area contributed by atoms with Crippen molar-refractivity contribution in [3.63, 3.8) is 0 Å². The highest BCUT2D eigenvalue weighted by Crippen LogP contribution is 2.39. The molecular formula is C35H39N5. The zero-order valence-corrected chi connectivity index (χ0v) is 23.4. The van der Waals surface area contributed by atoms with Gasteiger partial charge in [-0.05, 0) is 83.1 Å². The van der Waals surface area contributed by atoms with Crippen LogP contribution in [0.4, 0.5) is 22.7 Å². The molecule has 2 unspecified atom stereocenters. The number of benzene rings is 4. The van der Waals surface area contributed by atoms with Gasteiger partial charge in [0.1, 0.15) is 0 Å². The Kier molecular flexibility index (Phi) is 8.23. The summed E-state index contributed by atoms with van der Waals surface area (Å²) < 4.78 is 0. The number of nitrogens with zero attached hydrogens (tertiary/aromatic N) is 2. The summed E-state index contributed by atoms with van der Waals surface area (Å²) in [5, 5.41) is 1.77. The molecule has 0 amide bonds. The molecule has 0 radical (unpaired) electrons. The lowest BCUT2D eigenvalue weighted by atomic mass is 9.77. The van der Waals surface area contributed by atoms with Crippen molar-refractivity contribution in [1.29, 1.82) is 0 Å². The fourth-order valence-electron chi connectivity index (χ4n) is 5.54. The van der Waals surface area contributed by atoms with E-state index in [1.54, 1.807) is 5.01 Å². The predicted molar refractivity (Wildman–Crippen MR) is 170 cm³/mol. The summed E-state index contributed by atoms with van der Waals surface area (Å²) in [6.45, 7) is 3.70. The van der Waals surface area contributed by atoms with Gasteiger partial charge < -0.3 is 21.4 Å². The number of nitrogen functional groups attached to an aromatic ring is 2. The van der Waals surface area contributed by atoms with Gasteiger partial charge in [-0.15, -0.1) is 0 Å². The minimum Gasteiger partial charge on any atom is -0.399 e. The van der Waals surface area contributed by atoms with Crippen molar-refractivity contribution in [3.8, 4) is 0 Å². The minimum absolute atomic E-state index is 0.169. The maximum Gasteiger partial charge on any atom is 0.0593 e. The number of allylic oxidation sites excluding steroid dienone is 4. The predicted octanol–water partition coefficient (Wildman–Crippen LogP) is 7.02. The first-order valence-electron chi connectivity index (χ1n) is 13.9. The van der Waals surface area contributed by atoms with Crippen molar-refractivity contribution in [2.45, 2.75) is 32.4 Å². The molecule has 0 aliphatic heterocycles. The first-order chi connectivity index (χ1) is 19.4. The standard InChI is InChI=1S/C35H39N5/c1-25-7-3-4-12-34(25)35(28-13-17-32(18-14-28)39(2)23-26-8-5-10-30(36)21-26)29-15-19-33(20-16-29)40(38)24-27-9-6-11-31(37)22-27/h3-6,8-22,25,35H,7,23-24,36-38H2,1-2H3. The van der Waals surface area contributed by atoms with Crippen LogP contribution in [-0.2, 0) is 13.1 Å². The van der Waals surface area contributed by atoms with Gasteiger partial charge in [0.2, 0.25) is 0 Å². The number of rotatable bonds is 9. The molecule has 0 saturated heterocycles. The quantitative estimate of drug-likeness (QED) is 0.123. The number of hydrazine groups is 1. The number of hydrogen-bond acceptors (Lipinski definition) is 5. The highest BCUT2D eigenvalue weighted by molar-refractivity contribution is 5.55. The molecule has 0 fully saturated rings. The van der Waals surface area contributed by atoms with Crippen molar-refractivity contribution in [2.24, 2.45) is 11.8 Å². The van der Waals surface area contributed by atoms with E-state index >= 15 is 0 Å². The summed E-state index contributed by atoms with van der Waals surface area (Å²) in [5.41, 5.74) is 21.9. The van der Waals surface area contributed by atoms with Crippen LogP contribution in [0.2, 0.25) is 0 Å². The van der Waals surface area contributed by atoms with Crippen molar-refractivity contribution in [2.75, 3.05) is 28.4 Å². The topological polar surface area (TPSA) is 84.5 Å². The van der Waals surface area contributed by atoms with E-state index in [0.29, 0.717) is 12.5 Å². The molecule has 2 atom stereocenters. The Balaban J connectivity index is 1.39. The van der Waals surface area contributed by atoms with E-state index in [4.69, 9.17) is 17.3 Å². The Morgan fingerprint density at radius 2 is 1.30 bits per heavy atom. The first kappa shape index (κ1) is 27.1. The van der Waals surface area contributed by atoms with Gasteiger partial charge in [0, 0.05) is 36.6 Å². The number of hydrogen-bond donors (Lipinski definition) is 3. The van der Waals surface area contributed by atoms with Gasteiger partial charge in [0.15, 0.2) is 0 Å². The smallest absolute Gasteiger partial charge is 0.0593 e. The van der Waals surface area contributed by atoms with Gasteiger partial charge in [-0.3, -0.25) is 0 Å². The first-order valence-corrected chi connectivity index (χ1v) is 13.9. The van der Waals surface area contributed by atoms with E-state index in [0.717, 1.165) is 35.6 Å². The average molecular weight is 530 g/mol. The van der Waals surface area contributed by atoms with Crippen LogP contribution in [0.1, 0.15) is 41.5 Å². The third-order valence-corrected chi connectivity index (χ3v) is 7.72. The highest BCUT2D eigenvalue weighted by Gasteiger charge is 2.24. The normalized spacial score (nSPS) is 15.4. The molecule has 0 spiro atoms. The summed E-state index contributed by atoms with van der Waals surface area (Å²) >= 11 is 0. The van der Waals surface area contributed by atoms with E-state index in [1.165, 1.54) is 28.0 Å². The van der Waals surface area contributed by atoms with E-state index in [9.17, 15) is 0 Å². The summed E-state index contributed by atoms with van der Waals surface area (Å²) in [6.07, 6.45) is 7.79. The Hall–Kier alpha value is -4.48. The molecule has 6 N–H and O–H groups in total. The molecular weight excluding hydrogens is 490 g/mol. The SMILES string of the molecule is CC1CC=CC=C1C(c1ccc(N(C)Cc2cccc(N)c2)cc1)c1ccc(N(N)Cc2cccc(N)c2)cc1. The summed E-state index contributed by atoms with van der Waals surface area (Å²) in [5.74, 6) is 7.08. The lowest BCUT2D eigenvalue weighted by Crippen LogP contribution is -2.30. The molecule has 4 aromatic rings. The lowest BCUT2D eigenvalue weighted by molar-refractivity contribution is 0.638. The lowest BCUT2D eigenvalue weighted by Gasteiger charge is -2.29. The van der Waals surface area contributed by atoms with Crippen molar-refractivity contribution in [3.05, 3.63) is 143 Å². The minimum atomic E-state index is 0.169. The Morgan fingerprint density at radius 1 is 0.750 bits per heavy atom. The van der Waals surface area contributed by atoms with Gasteiger partial charge in [-0.1, -0.05) is 79.3 Å². The molecule has 0 aromatic heterocycles. The summed E-state index contributed by atoms with van der Waals surface area (Å²) in [4.78, 5) is 2.25. The van der Waals surface area contributed by atoms with Gasteiger partial charge >= 0.3 is 0 Å². The third kappa shape index (κ3) is 6.38. The summed E-state index contributed by atoms with van der Waals surface area (Å²) in [6, 6.07) is 33.6. The second-order valence-electron chi connectivity index (χ2n) is 10.8. The molecule has 5 nitrogen and oxygen atoms in total. The molecule has 0 heterocycles. The molecule has 1 aliphatic rings. The van der Waals surface area contributed by atoms with Crippen LogP contribution in [0.25, 0.3) is 0 Å². The van der Waals surface area contributed by atoms with Crippen LogP contribution >= 0.6 is 0 Å². The van der Waals surface area contributed by atoms with Crippen LogP contribution in [0.3, 0.4) is 0 Å². The molecule has 0 bridgehead atoms. The Bertz CT molecular complexity index is 1390. The fourth-order valence-corrected chi connectivity index (χ4v) is 5.54. The Morgan fingerprint density at radius 3 is 1.85 bits per heavy atom.